The van der Waals surface area contributed by atoms with Crippen LogP contribution in [0.1, 0.15) is 52.7 Å². The number of fused-ring (bicyclic) bond motifs is 2. The van der Waals surface area contributed by atoms with Gasteiger partial charge in [0.25, 0.3) is 5.91 Å². The molecule has 0 radical (unpaired) electrons. The Kier molecular flexibility index (Phi) is 6.69. The number of halogens is 1. The van der Waals surface area contributed by atoms with Crippen LogP contribution in [0.2, 0.25) is 5.02 Å². The van der Waals surface area contributed by atoms with E-state index in [-0.39, 0.29) is 17.1 Å². The van der Waals surface area contributed by atoms with Crippen molar-refractivity contribution in [2.45, 2.75) is 33.4 Å². The Bertz CT molecular complexity index is 1540. The summed E-state index contributed by atoms with van der Waals surface area (Å²) in [5, 5.41) is 0.813. The van der Waals surface area contributed by atoms with E-state index in [0.29, 0.717) is 52.1 Å². The maximum atomic E-state index is 13.9. The summed E-state index contributed by atoms with van der Waals surface area (Å²) >= 11 is 6.35. The zero-order valence-electron chi connectivity index (χ0n) is 21.2. The van der Waals surface area contributed by atoms with Gasteiger partial charge in [0.15, 0.2) is 16.9 Å². The molecule has 0 bridgehead atoms. The molecule has 0 saturated heterocycles. The van der Waals surface area contributed by atoms with Crippen molar-refractivity contribution in [1.82, 2.24) is 4.90 Å². The summed E-state index contributed by atoms with van der Waals surface area (Å²) < 4.78 is 17.6. The van der Waals surface area contributed by atoms with Crippen LogP contribution in [0.15, 0.2) is 69.9 Å². The predicted molar refractivity (Wildman–Crippen MR) is 144 cm³/mol. The predicted octanol–water partition coefficient (Wildman–Crippen LogP) is 6.54. The molecule has 7 heteroatoms. The fourth-order valence-corrected chi connectivity index (χ4v) is 4.82. The van der Waals surface area contributed by atoms with Crippen LogP contribution >= 0.6 is 11.6 Å². The molecule has 2 heterocycles. The lowest BCUT2D eigenvalue weighted by atomic mass is 9.97. The molecule has 1 unspecified atom stereocenters. The number of benzene rings is 3. The van der Waals surface area contributed by atoms with E-state index in [1.165, 1.54) is 0 Å². The van der Waals surface area contributed by atoms with Crippen molar-refractivity contribution < 1.29 is 18.7 Å². The first-order valence-electron chi connectivity index (χ1n) is 12.2. The lowest BCUT2D eigenvalue weighted by Gasteiger charge is -2.26. The first-order valence-corrected chi connectivity index (χ1v) is 12.6. The largest absolute Gasteiger partial charge is 0.493 e. The highest BCUT2D eigenvalue weighted by molar-refractivity contribution is 6.32. The van der Waals surface area contributed by atoms with E-state index in [2.05, 4.69) is 13.8 Å². The Morgan fingerprint density at radius 3 is 2.49 bits per heavy atom. The van der Waals surface area contributed by atoms with E-state index < -0.39 is 6.04 Å². The van der Waals surface area contributed by atoms with Crippen molar-refractivity contribution >= 4 is 28.5 Å². The molecule has 0 N–H and O–H groups in total. The molecule has 37 heavy (non-hydrogen) atoms. The highest BCUT2D eigenvalue weighted by Crippen LogP contribution is 2.42. The molecule has 0 fully saturated rings. The highest BCUT2D eigenvalue weighted by atomic mass is 35.5. The summed E-state index contributed by atoms with van der Waals surface area (Å²) in [6.07, 6.45) is 0. The molecule has 5 rings (SSSR count). The van der Waals surface area contributed by atoms with Gasteiger partial charge in [-0.3, -0.25) is 9.59 Å². The maximum absolute atomic E-state index is 13.9. The SMILES string of the molecule is COc1cc(C2c3c(oc4cc(C)c(Cl)cc4c3=O)C(=O)N2Cc2ccccc2)ccc1OCC(C)C. The van der Waals surface area contributed by atoms with Gasteiger partial charge in [-0.25, -0.2) is 0 Å². The second-order valence-electron chi connectivity index (χ2n) is 9.71. The zero-order valence-corrected chi connectivity index (χ0v) is 22.0. The molecule has 1 aliphatic heterocycles. The van der Waals surface area contributed by atoms with Crippen LogP contribution < -0.4 is 14.9 Å². The van der Waals surface area contributed by atoms with E-state index in [1.54, 1.807) is 24.1 Å². The van der Waals surface area contributed by atoms with Gasteiger partial charge in [-0.2, -0.15) is 0 Å². The summed E-state index contributed by atoms with van der Waals surface area (Å²) in [6, 6.07) is 17.8. The number of methoxy groups -OCH3 is 1. The second-order valence-corrected chi connectivity index (χ2v) is 10.1. The van der Waals surface area contributed by atoms with E-state index in [9.17, 15) is 9.59 Å². The fourth-order valence-electron chi connectivity index (χ4n) is 4.66. The van der Waals surface area contributed by atoms with Crippen molar-refractivity contribution in [2.75, 3.05) is 13.7 Å². The third kappa shape index (κ3) is 4.58. The second kappa shape index (κ2) is 9.94. The van der Waals surface area contributed by atoms with Gasteiger partial charge < -0.3 is 18.8 Å². The van der Waals surface area contributed by atoms with Crippen molar-refractivity contribution in [3.8, 4) is 11.5 Å². The third-order valence-corrected chi connectivity index (χ3v) is 6.93. The van der Waals surface area contributed by atoms with Gasteiger partial charge in [0.2, 0.25) is 5.76 Å². The summed E-state index contributed by atoms with van der Waals surface area (Å²) in [5.74, 6) is 1.20. The van der Waals surface area contributed by atoms with Crippen LogP contribution in [-0.4, -0.2) is 24.5 Å². The highest BCUT2D eigenvalue weighted by Gasteiger charge is 2.43. The number of nitrogens with zero attached hydrogens (tertiary/aromatic N) is 1. The van der Waals surface area contributed by atoms with Gasteiger partial charge in [0, 0.05) is 11.6 Å². The number of carbonyl (C=O) groups excluding carboxylic acids is 1. The fraction of sp³-hybridized carbons (Fsp3) is 0.267. The number of rotatable bonds is 7. The quantitative estimate of drug-likeness (QED) is 0.278. The number of hydrogen-bond donors (Lipinski definition) is 0. The van der Waals surface area contributed by atoms with Gasteiger partial charge in [0.05, 0.1) is 30.7 Å². The van der Waals surface area contributed by atoms with Crippen molar-refractivity contribution in [2.24, 2.45) is 5.92 Å². The third-order valence-electron chi connectivity index (χ3n) is 6.52. The molecule has 4 aromatic rings. The van der Waals surface area contributed by atoms with Gasteiger partial charge in [-0.15, -0.1) is 0 Å². The number of carbonyl (C=O) groups is 1. The lowest BCUT2D eigenvalue weighted by Crippen LogP contribution is -2.29. The summed E-state index contributed by atoms with van der Waals surface area (Å²) in [7, 11) is 1.57. The number of aryl methyl sites for hydroxylation is 1. The van der Waals surface area contributed by atoms with Crippen LogP contribution in [0.4, 0.5) is 0 Å². The Balaban J connectivity index is 1.69. The summed E-state index contributed by atoms with van der Waals surface area (Å²) in [5.41, 5.74) is 2.80. The average molecular weight is 518 g/mol. The normalized spacial score (nSPS) is 14.9. The molecule has 1 aromatic heterocycles. The number of hydrogen-bond acceptors (Lipinski definition) is 5. The summed E-state index contributed by atoms with van der Waals surface area (Å²) in [6.45, 7) is 6.81. The molecule has 1 aliphatic rings. The number of amides is 1. The Morgan fingerprint density at radius 2 is 1.78 bits per heavy atom. The number of ether oxygens (including phenoxy) is 2. The minimum atomic E-state index is -0.670. The zero-order chi connectivity index (χ0) is 26.3. The van der Waals surface area contributed by atoms with Crippen LogP contribution in [0, 0.1) is 12.8 Å². The molecule has 0 spiro atoms. The smallest absolute Gasteiger partial charge is 0.291 e. The van der Waals surface area contributed by atoms with Gasteiger partial charge in [0.1, 0.15) is 5.58 Å². The van der Waals surface area contributed by atoms with Gasteiger partial charge in [-0.1, -0.05) is 61.8 Å². The van der Waals surface area contributed by atoms with E-state index >= 15 is 0 Å². The van der Waals surface area contributed by atoms with Gasteiger partial charge >= 0.3 is 0 Å². The average Bonchev–Trinajstić information content (AvgIpc) is 3.16. The molecule has 1 atom stereocenters. The monoisotopic (exact) mass is 517 g/mol. The topological polar surface area (TPSA) is 69.0 Å². The van der Waals surface area contributed by atoms with Crippen molar-refractivity contribution in [3.63, 3.8) is 0 Å². The van der Waals surface area contributed by atoms with E-state index in [1.807, 2.05) is 55.5 Å². The first kappa shape index (κ1) is 24.9. The molecule has 6 nitrogen and oxygen atoms in total. The maximum Gasteiger partial charge on any atom is 0.291 e. The molecule has 190 valence electrons. The van der Waals surface area contributed by atoms with Crippen LogP contribution in [0.3, 0.4) is 0 Å². The minimum absolute atomic E-state index is 0.0549. The van der Waals surface area contributed by atoms with Gasteiger partial charge in [-0.05, 0) is 53.8 Å². The van der Waals surface area contributed by atoms with Crippen LogP contribution in [-0.2, 0) is 6.54 Å². The molecule has 3 aromatic carbocycles. The summed E-state index contributed by atoms with van der Waals surface area (Å²) in [4.78, 5) is 29.3. The van der Waals surface area contributed by atoms with Crippen LogP contribution in [0.25, 0.3) is 11.0 Å². The Morgan fingerprint density at radius 1 is 1.03 bits per heavy atom. The van der Waals surface area contributed by atoms with Crippen molar-refractivity contribution in [1.29, 1.82) is 0 Å². The molecule has 0 aliphatic carbocycles. The minimum Gasteiger partial charge on any atom is -0.493 e. The molecule has 0 saturated carbocycles. The lowest BCUT2D eigenvalue weighted by molar-refractivity contribution is 0.0714. The molecular weight excluding hydrogens is 490 g/mol. The Labute approximate surface area is 220 Å². The first-order chi connectivity index (χ1) is 17.8. The molecule has 1 amide bonds. The Hall–Kier alpha value is -3.77. The van der Waals surface area contributed by atoms with Crippen LogP contribution in [0.5, 0.6) is 11.5 Å². The van der Waals surface area contributed by atoms with E-state index in [4.69, 9.17) is 25.5 Å². The van der Waals surface area contributed by atoms with E-state index in [0.717, 1.165) is 16.7 Å². The standard InChI is InChI=1S/C30H28ClNO5/c1-17(2)16-36-23-11-10-20(13-25(23)35-4)27-26-28(33)21-14-22(31)18(3)12-24(21)37-29(26)30(34)32(27)15-19-8-6-5-7-9-19/h5-14,17,27H,15-16H2,1-4H3. The van der Waals surface area contributed by atoms with Crippen molar-refractivity contribution in [3.05, 3.63) is 104 Å². The molecular formula is C30H28ClNO5.